The van der Waals surface area contributed by atoms with Gasteiger partial charge in [0, 0.05) is 30.2 Å². The van der Waals surface area contributed by atoms with Crippen molar-refractivity contribution < 1.29 is 13.2 Å². The second-order valence-electron chi connectivity index (χ2n) is 9.18. The second-order valence-corrected chi connectivity index (χ2v) is 12.0. The van der Waals surface area contributed by atoms with Crippen LogP contribution in [0, 0.1) is 11.3 Å². The minimum absolute atomic E-state index is 0.160. The maximum absolute atomic E-state index is 12.7. The number of aromatic nitrogens is 2. The predicted molar refractivity (Wildman–Crippen MR) is 124 cm³/mol. The van der Waals surface area contributed by atoms with Crippen LogP contribution in [0.25, 0.3) is 0 Å². The molecule has 10 heteroatoms. The number of nitrogens with zero attached hydrogens (tertiary/aromatic N) is 3. The normalized spacial score (nSPS) is 16.9. The lowest BCUT2D eigenvalue weighted by Gasteiger charge is -2.32. The topological polar surface area (TPSA) is 104 Å². The van der Waals surface area contributed by atoms with E-state index in [1.54, 1.807) is 27.7 Å². The zero-order valence-electron chi connectivity index (χ0n) is 18.7. The van der Waals surface area contributed by atoms with E-state index in [4.69, 9.17) is 0 Å². The third-order valence-electron chi connectivity index (χ3n) is 5.41. The standard InChI is InChI=1S/C21H31N5O3S2/c1-14-10-12-26(13-11-14)17-8-6-16(7-9-17)15(2)25-31(28,29)20-24-23-19(30-20)22-18(27)21(3,4)5/h6-9,14-15,25H,10-13H2,1-5H3,(H,22,23,27)/t15-/m1/s1. The van der Waals surface area contributed by atoms with Crippen molar-refractivity contribution in [3.8, 4) is 0 Å². The summed E-state index contributed by atoms with van der Waals surface area (Å²) in [5.41, 5.74) is 1.41. The van der Waals surface area contributed by atoms with E-state index >= 15 is 0 Å². The monoisotopic (exact) mass is 465 g/mol. The number of rotatable bonds is 6. The molecule has 31 heavy (non-hydrogen) atoms. The molecule has 2 aromatic rings. The van der Waals surface area contributed by atoms with Gasteiger partial charge in [-0.2, -0.15) is 0 Å². The number of piperidine rings is 1. The first-order valence-electron chi connectivity index (χ1n) is 10.5. The molecule has 3 rings (SSSR count). The van der Waals surface area contributed by atoms with E-state index in [-0.39, 0.29) is 15.4 Å². The summed E-state index contributed by atoms with van der Waals surface area (Å²) >= 11 is 0.832. The number of carbonyl (C=O) groups excluding carboxylic acids is 1. The fourth-order valence-corrected chi connectivity index (χ4v) is 5.39. The van der Waals surface area contributed by atoms with E-state index in [0.717, 1.165) is 41.6 Å². The van der Waals surface area contributed by atoms with Crippen molar-refractivity contribution in [3.63, 3.8) is 0 Å². The van der Waals surface area contributed by atoms with E-state index < -0.39 is 21.5 Å². The Kier molecular flexibility index (Phi) is 7.02. The van der Waals surface area contributed by atoms with Crippen LogP contribution in [-0.2, 0) is 14.8 Å². The molecular weight excluding hydrogens is 434 g/mol. The number of anilines is 2. The molecule has 0 bridgehead atoms. The number of sulfonamides is 1. The maximum Gasteiger partial charge on any atom is 0.270 e. The smallest absolute Gasteiger partial charge is 0.270 e. The van der Waals surface area contributed by atoms with Crippen LogP contribution in [0.3, 0.4) is 0 Å². The summed E-state index contributed by atoms with van der Waals surface area (Å²) in [7, 11) is -3.86. The van der Waals surface area contributed by atoms with E-state index in [0.29, 0.717) is 0 Å². The first-order valence-corrected chi connectivity index (χ1v) is 12.8. The Balaban J connectivity index is 1.64. The van der Waals surface area contributed by atoms with Crippen LogP contribution in [0.15, 0.2) is 28.6 Å². The first-order chi connectivity index (χ1) is 14.5. The summed E-state index contributed by atoms with van der Waals surface area (Å²) in [6, 6.07) is 7.56. The summed E-state index contributed by atoms with van der Waals surface area (Å²) in [5, 5.41) is 10.3. The van der Waals surface area contributed by atoms with Crippen LogP contribution in [-0.4, -0.2) is 37.6 Å². The van der Waals surface area contributed by atoms with Crippen LogP contribution in [0.2, 0.25) is 0 Å². The Bertz CT molecular complexity index is 1000. The van der Waals surface area contributed by atoms with Crippen molar-refractivity contribution in [2.45, 2.75) is 57.8 Å². The molecular formula is C21H31N5O3S2. The maximum atomic E-state index is 12.7. The number of nitrogens with one attached hydrogen (secondary N) is 2. The average Bonchev–Trinajstić information content (AvgIpc) is 3.17. The highest BCUT2D eigenvalue weighted by Gasteiger charge is 2.26. The van der Waals surface area contributed by atoms with Crippen LogP contribution in [0.4, 0.5) is 10.8 Å². The molecule has 0 unspecified atom stereocenters. The van der Waals surface area contributed by atoms with Gasteiger partial charge in [0.2, 0.25) is 15.4 Å². The van der Waals surface area contributed by atoms with Gasteiger partial charge in [-0.05, 0) is 43.4 Å². The van der Waals surface area contributed by atoms with Crippen LogP contribution in [0.1, 0.15) is 59.1 Å². The molecule has 0 saturated carbocycles. The van der Waals surface area contributed by atoms with Gasteiger partial charge in [0.1, 0.15) is 0 Å². The third-order valence-corrected chi connectivity index (χ3v) is 8.16. The Hall–Kier alpha value is -2.04. The van der Waals surface area contributed by atoms with Crippen molar-refractivity contribution in [1.29, 1.82) is 0 Å². The number of hydrogen-bond donors (Lipinski definition) is 2. The summed E-state index contributed by atoms with van der Waals surface area (Å²) in [6.07, 6.45) is 2.38. The third kappa shape index (κ3) is 6.02. The van der Waals surface area contributed by atoms with E-state index in [1.165, 1.54) is 12.8 Å². The predicted octanol–water partition coefficient (Wildman–Crippen LogP) is 3.80. The lowest BCUT2D eigenvalue weighted by atomic mass is 9.96. The van der Waals surface area contributed by atoms with Crippen molar-refractivity contribution in [1.82, 2.24) is 14.9 Å². The number of carbonyl (C=O) groups is 1. The minimum atomic E-state index is -3.86. The summed E-state index contributed by atoms with van der Waals surface area (Å²) in [5.74, 6) is 0.518. The van der Waals surface area contributed by atoms with Crippen LogP contribution < -0.4 is 14.9 Å². The quantitative estimate of drug-likeness (QED) is 0.629. The fourth-order valence-electron chi connectivity index (χ4n) is 3.25. The van der Waals surface area contributed by atoms with Crippen LogP contribution >= 0.6 is 11.3 Å². The highest BCUT2D eigenvalue weighted by molar-refractivity contribution is 7.91. The number of amides is 1. The van der Waals surface area contributed by atoms with Gasteiger partial charge < -0.3 is 10.2 Å². The molecule has 2 N–H and O–H groups in total. The molecule has 1 fully saturated rings. The minimum Gasteiger partial charge on any atom is -0.372 e. The molecule has 0 radical (unpaired) electrons. The SMILES string of the molecule is CC1CCN(c2ccc([C@@H](C)NS(=O)(=O)c3nnc(NC(=O)C(C)(C)C)s3)cc2)CC1. The van der Waals surface area contributed by atoms with Gasteiger partial charge in [-0.15, -0.1) is 10.2 Å². The highest BCUT2D eigenvalue weighted by Crippen LogP contribution is 2.27. The average molecular weight is 466 g/mol. The molecule has 1 saturated heterocycles. The van der Waals surface area contributed by atoms with Gasteiger partial charge in [0.05, 0.1) is 0 Å². The number of hydrogen-bond acceptors (Lipinski definition) is 7. The van der Waals surface area contributed by atoms with E-state index in [1.807, 2.05) is 24.3 Å². The molecule has 1 atom stereocenters. The first kappa shape index (κ1) is 23.6. The molecule has 1 aliphatic heterocycles. The summed E-state index contributed by atoms with van der Waals surface area (Å²) in [4.78, 5) is 14.4. The largest absolute Gasteiger partial charge is 0.372 e. The van der Waals surface area contributed by atoms with Crippen molar-refractivity contribution in [2.24, 2.45) is 11.3 Å². The van der Waals surface area contributed by atoms with E-state index in [2.05, 4.69) is 32.1 Å². The fraction of sp³-hybridized carbons (Fsp3) is 0.571. The second kappa shape index (κ2) is 9.22. The van der Waals surface area contributed by atoms with Gasteiger partial charge in [0.25, 0.3) is 10.0 Å². The summed E-state index contributed by atoms with van der Waals surface area (Å²) < 4.78 is 27.9. The Labute approximate surface area is 188 Å². The summed E-state index contributed by atoms with van der Waals surface area (Å²) in [6.45, 7) is 11.5. The Morgan fingerprint density at radius 3 is 2.35 bits per heavy atom. The van der Waals surface area contributed by atoms with Crippen LogP contribution in [0.5, 0.6) is 0 Å². The Morgan fingerprint density at radius 2 is 1.77 bits per heavy atom. The van der Waals surface area contributed by atoms with Gasteiger partial charge in [-0.3, -0.25) is 4.79 Å². The molecule has 1 aromatic heterocycles. The van der Waals surface area contributed by atoms with Gasteiger partial charge in [0.15, 0.2) is 0 Å². The molecule has 2 heterocycles. The molecule has 1 aliphatic rings. The zero-order chi connectivity index (χ0) is 22.8. The molecule has 0 spiro atoms. The Morgan fingerprint density at radius 1 is 1.16 bits per heavy atom. The zero-order valence-corrected chi connectivity index (χ0v) is 20.3. The highest BCUT2D eigenvalue weighted by atomic mass is 32.2. The van der Waals surface area contributed by atoms with Gasteiger partial charge in [-0.25, -0.2) is 13.1 Å². The molecule has 8 nitrogen and oxygen atoms in total. The lowest BCUT2D eigenvalue weighted by molar-refractivity contribution is -0.123. The van der Waals surface area contributed by atoms with Crippen molar-refractivity contribution >= 4 is 38.1 Å². The molecule has 0 aliphatic carbocycles. The van der Waals surface area contributed by atoms with Gasteiger partial charge in [-0.1, -0.05) is 51.2 Å². The lowest BCUT2D eigenvalue weighted by Crippen LogP contribution is -2.32. The molecule has 170 valence electrons. The van der Waals surface area contributed by atoms with Crippen molar-refractivity contribution in [3.05, 3.63) is 29.8 Å². The van der Waals surface area contributed by atoms with Crippen molar-refractivity contribution in [2.75, 3.05) is 23.3 Å². The van der Waals surface area contributed by atoms with E-state index in [9.17, 15) is 13.2 Å². The molecule has 1 aromatic carbocycles. The van der Waals surface area contributed by atoms with Gasteiger partial charge >= 0.3 is 0 Å². The number of benzene rings is 1. The molecule has 1 amide bonds.